The van der Waals surface area contributed by atoms with Gasteiger partial charge in [-0.1, -0.05) is 11.6 Å². The second kappa shape index (κ2) is 7.76. The smallest absolute Gasteiger partial charge is 0.330 e. The third-order valence-corrected chi connectivity index (χ3v) is 5.06. The van der Waals surface area contributed by atoms with Crippen LogP contribution in [0.2, 0.25) is 0 Å². The molecule has 1 aliphatic rings. The number of thiophene rings is 1. The van der Waals surface area contributed by atoms with E-state index in [1.54, 1.807) is 6.08 Å². The molecule has 0 radical (unpaired) electrons. The lowest BCUT2D eigenvalue weighted by atomic mass is 9.80. The van der Waals surface area contributed by atoms with Crippen LogP contribution < -0.4 is 0 Å². The van der Waals surface area contributed by atoms with Crippen molar-refractivity contribution in [3.8, 4) is 0 Å². The van der Waals surface area contributed by atoms with Crippen LogP contribution in [0.25, 0.3) is 0 Å². The van der Waals surface area contributed by atoms with Crippen LogP contribution in [-0.4, -0.2) is 31.6 Å². The van der Waals surface area contributed by atoms with Gasteiger partial charge in [-0.15, -0.1) is 11.3 Å². The van der Waals surface area contributed by atoms with Crippen LogP contribution in [-0.2, 0) is 9.53 Å². The van der Waals surface area contributed by atoms with E-state index in [0.717, 1.165) is 25.7 Å². The number of nitrogens with zero attached hydrogens (tertiary/aromatic N) is 1. The van der Waals surface area contributed by atoms with Crippen LogP contribution in [0.4, 0.5) is 0 Å². The molecule has 0 N–H and O–H groups in total. The molecule has 0 saturated heterocycles. The van der Waals surface area contributed by atoms with Gasteiger partial charge in [0.15, 0.2) is 0 Å². The molecule has 1 fully saturated rings. The summed E-state index contributed by atoms with van der Waals surface area (Å²) >= 11 is 1.84. The molecular formula is C17H25NO2S. The summed E-state index contributed by atoms with van der Waals surface area (Å²) in [5.74, 6) is 0.478. The molecule has 1 unspecified atom stereocenters. The van der Waals surface area contributed by atoms with Crippen molar-refractivity contribution in [2.45, 2.75) is 38.6 Å². The lowest BCUT2D eigenvalue weighted by molar-refractivity contribution is -0.137. The Morgan fingerprint density at radius 1 is 1.48 bits per heavy atom. The van der Waals surface area contributed by atoms with Crippen molar-refractivity contribution < 1.29 is 9.53 Å². The van der Waals surface area contributed by atoms with Crippen molar-refractivity contribution in [3.63, 3.8) is 0 Å². The molecule has 116 valence electrons. The molecule has 1 heterocycles. The van der Waals surface area contributed by atoms with Gasteiger partial charge in [-0.3, -0.25) is 0 Å². The van der Waals surface area contributed by atoms with Gasteiger partial charge in [0.25, 0.3) is 0 Å². The molecule has 1 aromatic heterocycles. The standard InChI is InChI=1S/C17H25NO2S/c1-4-20-16(19)12-13-7-9-14(10-8-13)17(18(2)3)15-6-5-11-21-15/h5-6,11-12,14,17H,4,7-10H2,1-3H3. The average Bonchev–Trinajstić information content (AvgIpc) is 2.94. The van der Waals surface area contributed by atoms with Gasteiger partial charge in [-0.25, -0.2) is 4.79 Å². The minimum Gasteiger partial charge on any atom is -0.463 e. The third-order valence-electron chi connectivity index (χ3n) is 4.12. The van der Waals surface area contributed by atoms with E-state index in [9.17, 15) is 4.79 Å². The SMILES string of the molecule is CCOC(=O)C=C1CCC(C(c2cccs2)N(C)C)CC1. The second-order valence-corrected chi connectivity index (χ2v) is 6.80. The lowest BCUT2D eigenvalue weighted by Gasteiger charge is -2.35. The molecule has 0 aliphatic heterocycles. The predicted octanol–water partition coefficient (Wildman–Crippen LogP) is 4.03. The van der Waals surface area contributed by atoms with Crippen molar-refractivity contribution in [1.82, 2.24) is 4.90 Å². The highest BCUT2D eigenvalue weighted by Crippen LogP contribution is 2.40. The number of ether oxygens (including phenoxy) is 1. The van der Waals surface area contributed by atoms with Crippen molar-refractivity contribution in [3.05, 3.63) is 34.0 Å². The maximum atomic E-state index is 11.5. The summed E-state index contributed by atoms with van der Waals surface area (Å²) in [5, 5.41) is 2.15. The van der Waals surface area contributed by atoms with E-state index in [2.05, 4.69) is 36.5 Å². The Labute approximate surface area is 131 Å². The first-order valence-corrected chi connectivity index (χ1v) is 8.55. The number of esters is 1. The highest BCUT2D eigenvalue weighted by molar-refractivity contribution is 7.10. The number of carbonyl (C=O) groups is 1. The van der Waals surface area contributed by atoms with Crippen LogP contribution in [0.5, 0.6) is 0 Å². The summed E-state index contributed by atoms with van der Waals surface area (Å²) < 4.78 is 4.99. The Balaban J connectivity index is 1.97. The summed E-state index contributed by atoms with van der Waals surface area (Å²) in [6, 6.07) is 4.86. The summed E-state index contributed by atoms with van der Waals surface area (Å²) in [7, 11) is 4.32. The van der Waals surface area contributed by atoms with Gasteiger partial charge in [0.1, 0.15) is 0 Å². The average molecular weight is 307 g/mol. The van der Waals surface area contributed by atoms with Gasteiger partial charge in [0.2, 0.25) is 0 Å². The first-order chi connectivity index (χ1) is 10.1. The van der Waals surface area contributed by atoms with E-state index in [0.29, 0.717) is 18.6 Å². The van der Waals surface area contributed by atoms with Gasteiger partial charge in [0.05, 0.1) is 6.61 Å². The van der Waals surface area contributed by atoms with Crippen molar-refractivity contribution >= 4 is 17.3 Å². The first kappa shape index (κ1) is 16.2. The van der Waals surface area contributed by atoms with Gasteiger partial charge in [-0.05, 0) is 64.1 Å². The fourth-order valence-electron chi connectivity index (χ4n) is 3.19. The highest BCUT2D eigenvalue weighted by atomic mass is 32.1. The summed E-state index contributed by atoms with van der Waals surface area (Å²) in [4.78, 5) is 15.3. The van der Waals surface area contributed by atoms with E-state index in [1.807, 2.05) is 18.3 Å². The molecule has 1 saturated carbocycles. The number of allylic oxidation sites excluding steroid dienone is 1. The Bertz CT molecular complexity index is 469. The molecule has 0 spiro atoms. The number of rotatable bonds is 5. The Morgan fingerprint density at radius 2 is 2.19 bits per heavy atom. The number of carbonyl (C=O) groups excluding carboxylic acids is 1. The zero-order valence-electron chi connectivity index (χ0n) is 13.2. The minimum absolute atomic E-state index is 0.187. The summed E-state index contributed by atoms with van der Waals surface area (Å²) in [6.45, 7) is 2.29. The molecule has 1 aromatic rings. The molecule has 2 rings (SSSR count). The summed E-state index contributed by atoms with van der Waals surface area (Å²) in [5.41, 5.74) is 1.24. The monoisotopic (exact) mass is 307 g/mol. The van der Waals surface area contributed by atoms with Crippen molar-refractivity contribution in [2.24, 2.45) is 5.92 Å². The van der Waals surface area contributed by atoms with Crippen molar-refractivity contribution in [1.29, 1.82) is 0 Å². The maximum absolute atomic E-state index is 11.5. The van der Waals surface area contributed by atoms with Crippen LogP contribution >= 0.6 is 11.3 Å². The normalized spacial score (nSPS) is 20.4. The molecule has 21 heavy (non-hydrogen) atoms. The molecule has 0 bridgehead atoms. The van der Waals surface area contributed by atoms with E-state index in [1.165, 1.54) is 10.5 Å². The Hall–Kier alpha value is -1.13. The van der Waals surface area contributed by atoms with Crippen LogP contribution in [0.15, 0.2) is 29.2 Å². The molecule has 3 nitrogen and oxygen atoms in total. The molecule has 1 atom stereocenters. The van der Waals surface area contributed by atoms with E-state index in [4.69, 9.17) is 4.74 Å². The van der Waals surface area contributed by atoms with Gasteiger partial charge >= 0.3 is 5.97 Å². The predicted molar refractivity (Wildman–Crippen MR) is 87.4 cm³/mol. The van der Waals surface area contributed by atoms with Crippen molar-refractivity contribution in [2.75, 3.05) is 20.7 Å². The van der Waals surface area contributed by atoms with Gasteiger partial charge in [-0.2, -0.15) is 0 Å². The lowest BCUT2D eigenvalue weighted by Crippen LogP contribution is -2.28. The molecule has 0 aromatic carbocycles. The van der Waals surface area contributed by atoms with Crippen LogP contribution in [0.3, 0.4) is 0 Å². The maximum Gasteiger partial charge on any atom is 0.330 e. The second-order valence-electron chi connectivity index (χ2n) is 5.82. The quantitative estimate of drug-likeness (QED) is 0.607. The Kier molecular flexibility index (Phi) is 6.00. The number of hydrogen-bond donors (Lipinski definition) is 0. The van der Waals surface area contributed by atoms with E-state index in [-0.39, 0.29) is 5.97 Å². The number of hydrogen-bond acceptors (Lipinski definition) is 4. The minimum atomic E-state index is -0.187. The molecule has 1 aliphatic carbocycles. The molecule has 4 heteroatoms. The Morgan fingerprint density at radius 3 is 2.71 bits per heavy atom. The largest absolute Gasteiger partial charge is 0.463 e. The first-order valence-electron chi connectivity index (χ1n) is 7.67. The van der Waals surface area contributed by atoms with Crippen LogP contribution in [0, 0.1) is 5.92 Å². The van der Waals surface area contributed by atoms with Crippen LogP contribution in [0.1, 0.15) is 43.5 Å². The molecule has 0 amide bonds. The van der Waals surface area contributed by atoms with E-state index < -0.39 is 0 Å². The zero-order valence-corrected chi connectivity index (χ0v) is 14.0. The fraction of sp³-hybridized carbons (Fsp3) is 0.588. The summed E-state index contributed by atoms with van der Waals surface area (Å²) in [6.07, 6.45) is 6.02. The topological polar surface area (TPSA) is 29.5 Å². The van der Waals surface area contributed by atoms with Gasteiger partial charge in [0, 0.05) is 17.0 Å². The van der Waals surface area contributed by atoms with E-state index >= 15 is 0 Å². The third kappa shape index (κ3) is 4.42. The fourth-order valence-corrected chi connectivity index (χ4v) is 4.20. The highest BCUT2D eigenvalue weighted by Gasteiger charge is 2.28. The van der Waals surface area contributed by atoms with Gasteiger partial charge < -0.3 is 9.64 Å². The zero-order chi connectivity index (χ0) is 15.2. The molecular weight excluding hydrogens is 282 g/mol.